The van der Waals surface area contributed by atoms with E-state index in [1.807, 2.05) is 0 Å². The van der Waals surface area contributed by atoms with E-state index in [2.05, 4.69) is 27.4 Å². The van der Waals surface area contributed by atoms with Gasteiger partial charge in [0.05, 0.1) is 23.6 Å². The largest absolute Gasteiger partial charge is 0.459 e. The van der Waals surface area contributed by atoms with Crippen LogP contribution in [0.1, 0.15) is 16.4 Å². The van der Waals surface area contributed by atoms with E-state index in [0.29, 0.717) is 23.2 Å². The lowest BCUT2D eigenvalue weighted by Crippen LogP contribution is -2.24. The van der Waals surface area contributed by atoms with Gasteiger partial charge in [0.15, 0.2) is 16.7 Å². The summed E-state index contributed by atoms with van der Waals surface area (Å²) in [6.07, 6.45) is 3.07. The molecule has 8 nitrogen and oxygen atoms in total. The van der Waals surface area contributed by atoms with E-state index >= 15 is 0 Å². The standard InChI is InChI=1S/C19H17ClFN5O3S/c1-2-7-26-16(10-22-18(28)15-4-3-8-29-15)24-25-19(26)30-11-17(27)23-12-5-6-14(21)13(20)9-12/h2-6,8-9H,1,7,10-11H2,(H,22,28)(H,23,27). The molecule has 3 aromatic rings. The summed E-state index contributed by atoms with van der Waals surface area (Å²) in [5.41, 5.74) is 0.390. The van der Waals surface area contributed by atoms with Gasteiger partial charge in [0.25, 0.3) is 5.91 Å². The average Bonchev–Trinajstić information content (AvgIpc) is 3.38. The van der Waals surface area contributed by atoms with Gasteiger partial charge in [-0.15, -0.1) is 16.8 Å². The molecular weight excluding hydrogens is 433 g/mol. The van der Waals surface area contributed by atoms with Gasteiger partial charge in [-0.2, -0.15) is 0 Å². The quantitative estimate of drug-likeness (QED) is 0.383. The second-order valence-corrected chi connectivity index (χ2v) is 7.27. The van der Waals surface area contributed by atoms with E-state index in [-0.39, 0.29) is 34.9 Å². The van der Waals surface area contributed by atoms with Gasteiger partial charge in [0.1, 0.15) is 5.82 Å². The number of nitrogens with one attached hydrogen (secondary N) is 2. The molecule has 0 fully saturated rings. The summed E-state index contributed by atoms with van der Waals surface area (Å²) in [5, 5.41) is 13.9. The van der Waals surface area contributed by atoms with Crippen LogP contribution in [0.3, 0.4) is 0 Å². The number of allylic oxidation sites excluding steroid dienone is 1. The number of anilines is 1. The van der Waals surface area contributed by atoms with E-state index in [0.717, 1.165) is 0 Å². The molecule has 2 heterocycles. The van der Waals surface area contributed by atoms with E-state index in [9.17, 15) is 14.0 Å². The van der Waals surface area contributed by atoms with Gasteiger partial charge in [-0.3, -0.25) is 9.59 Å². The van der Waals surface area contributed by atoms with Crippen molar-refractivity contribution < 1.29 is 18.4 Å². The number of benzene rings is 1. The number of hydrogen-bond acceptors (Lipinski definition) is 6. The molecule has 0 unspecified atom stereocenters. The number of hydrogen-bond donors (Lipinski definition) is 2. The zero-order chi connectivity index (χ0) is 21.5. The molecule has 11 heteroatoms. The lowest BCUT2D eigenvalue weighted by molar-refractivity contribution is -0.113. The molecule has 0 bridgehead atoms. The van der Waals surface area contributed by atoms with Crippen LogP contribution in [0.15, 0.2) is 58.8 Å². The first-order valence-corrected chi connectivity index (χ1v) is 10.1. The van der Waals surface area contributed by atoms with Gasteiger partial charge in [-0.25, -0.2) is 4.39 Å². The Kier molecular flexibility index (Phi) is 7.26. The predicted octanol–water partition coefficient (Wildman–Crippen LogP) is 3.51. The molecule has 156 valence electrons. The SMILES string of the molecule is C=CCn1c(CNC(=O)c2ccco2)nnc1SCC(=O)Nc1ccc(F)c(Cl)c1. The summed E-state index contributed by atoms with van der Waals surface area (Å²) in [7, 11) is 0. The number of amides is 2. The molecule has 0 saturated carbocycles. The van der Waals surface area contributed by atoms with Crippen LogP contribution >= 0.6 is 23.4 Å². The lowest BCUT2D eigenvalue weighted by atomic mass is 10.3. The molecule has 0 aliphatic carbocycles. The maximum absolute atomic E-state index is 13.2. The van der Waals surface area contributed by atoms with Crippen LogP contribution in [-0.4, -0.2) is 32.3 Å². The van der Waals surface area contributed by atoms with Gasteiger partial charge in [0, 0.05) is 12.2 Å². The minimum absolute atomic E-state index is 0.0447. The molecule has 0 spiro atoms. The van der Waals surface area contributed by atoms with Crippen molar-refractivity contribution in [1.29, 1.82) is 0 Å². The Balaban J connectivity index is 1.59. The van der Waals surface area contributed by atoms with Crippen LogP contribution in [-0.2, 0) is 17.9 Å². The Morgan fingerprint density at radius 1 is 1.33 bits per heavy atom. The number of carbonyl (C=O) groups excluding carboxylic acids is 2. The second-order valence-electron chi connectivity index (χ2n) is 5.92. The first kappa shape index (κ1) is 21.6. The van der Waals surface area contributed by atoms with E-state index < -0.39 is 5.82 Å². The number of carbonyl (C=O) groups is 2. The number of furan rings is 1. The first-order valence-electron chi connectivity index (χ1n) is 8.70. The monoisotopic (exact) mass is 449 g/mol. The van der Waals surface area contributed by atoms with Crippen molar-refractivity contribution in [3.05, 3.63) is 71.7 Å². The molecule has 0 aliphatic rings. The summed E-state index contributed by atoms with van der Waals surface area (Å²) in [6, 6.07) is 7.10. The molecule has 30 heavy (non-hydrogen) atoms. The van der Waals surface area contributed by atoms with Gasteiger partial charge in [0.2, 0.25) is 5.91 Å². The van der Waals surface area contributed by atoms with Crippen molar-refractivity contribution >= 4 is 40.9 Å². The van der Waals surface area contributed by atoms with Gasteiger partial charge in [-0.1, -0.05) is 29.4 Å². The molecular formula is C19H17ClFN5O3S. The zero-order valence-electron chi connectivity index (χ0n) is 15.6. The Morgan fingerprint density at radius 2 is 2.17 bits per heavy atom. The molecule has 2 aromatic heterocycles. The fourth-order valence-electron chi connectivity index (χ4n) is 2.42. The fraction of sp³-hybridized carbons (Fsp3) is 0.158. The lowest BCUT2D eigenvalue weighted by Gasteiger charge is -2.09. The van der Waals surface area contributed by atoms with E-state index in [4.69, 9.17) is 16.0 Å². The van der Waals surface area contributed by atoms with Crippen molar-refractivity contribution in [2.45, 2.75) is 18.2 Å². The highest BCUT2D eigenvalue weighted by Gasteiger charge is 2.16. The summed E-state index contributed by atoms with van der Waals surface area (Å²) in [5.74, 6) is -0.514. The Bertz CT molecular complexity index is 1050. The van der Waals surface area contributed by atoms with E-state index in [1.165, 1.54) is 36.2 Å². The molecule has 2 N–H and O–H groups in total. The number of aromatic nitrogens is 3. The van der Waals surface area contributed by atoms with Crippen molar-refractivity contribution in [2.24, 2.45) is 0 Å². The van der Waals surface area contributed by atoms with Crippen LogP contribution < -0.4 is 10.6 Å². The third kappa shape index (κ3) is 5.49. The maximum Gasteiger partial charge on any atom is 0.287 e. The molecule has 0 atom stereocenters. The van der Waals surface area contributed by atoms with Crippen LogP contribution in [0, 0.1) is 5.82 Å². The normalized spacial score (nSPS) is 10.6. The predicted molar refractivity (Wildman–Crippen MR) is 111 cm³/mol. The van der Waals surface area contributed by atoms with Crippen LogP contribution in [0.2, 0.25) is 5.02 Å². The summed E-state index contributed by atoms with van der Waals surface area (Å²) in [4.78, 5) is 24.2. The molecule has 0 aliphatic heterocycles. The minimum atomic E-state index is -0.562. The molecule has 0 saturated heterocycles. The highest BCUT2D eigenvalue weighted by Crippen LogP contribution is 2.21. The summed E-state index contributed by atoms with van der Waals surface area (Å²) in [6.45, 7) is 4.24. The van der Waals surface area contributed by atoms with Gasteiger partial charge in [-0.05, 0) is 30.3 Å². The van der Waals surface area contributed by atoms with Crippen LogP contribution in [0.25, 0.3) is 0 Å². The molecule has 0 radical (unpaired) electrons. The summed E-state index contributed by atoms with van der Waals surface area (Å²) >= 11 is 6.88. The number of halogens is 2. The Hall–Kier alpha value is -3.11. The molecule has 1 aromatic carbocycles. The number of rotatable bonds is 9. The number of thioether (sulfide) groups is 1. The van der Waals surface area contributed by atoms with E-state index in [1.54, 1.807) is 22.8 Å². The van der Waals surface area contributed by atoms with Gasteiger partial charge < -0.3 is 19.6 Å². The van der Waals surface area contributed by atoms with Crippen LogP contribution in [0.4, 0.5) is 10.1 Å². The van der Waals surface area contributed by atoms with Crippen molar-refractivity contribution in [2.75, 3.05) is 11.1 Å². The van der Waals surface area contributed by atoms with Crippen LogP contribution in [0.5, 0.6) is 0 Å². The summed E-state index contributed by atoms with van der Waals surface area (Å²) < 4.78 is 20.0. The third-order valence-corrected chi connectivity index (χ3v) is 5.05. The van der Waals surface area contributed by atoms with Crippen molar-refractivity contribution in [1.82, 2.24) is 20.1 Å². The fourth-order valence-corrected chi connectivity index (χ4v) is 3.37. The Morgan fingerprint density at radius 3 is 2.87 bits per heavy atom. The highest BCUT2D eigenvalue weighted by atomic mass is 35.5. The van der Waals surface area contributed by atoms with Crippen molar-refractivity contribution in [3.63, 3.8) is 0 Å². The first-order chi connectivity index (χ1) is 14.5. The highest BCUT2D eigenvalue weighted by molar-refractivity contribution is 7.99. The molecule has 3 rings (SSSR count). The topological polar surface area (TPSA) is 102 Å². The average molecular weight is 450 g/mol. The molecule has 2 amide bonds. The second kappa shape index (κ2) is 10.1. The smallest absolute Gasteiger partial charge is 0.287 e. The van der Waals surface area contributed by atoms with Gasteiger partial charge >= 0.3 is 0 Å². The third-order valence-electron chi connectivity index (χ3n) is 3.79. The van der Waals surface area contributed by atoms with Crippen molar-refractivity contribution in [3.8, 4) is 0 Å². The Labute approximate surface area is 180 Å². The zero-order valence-corrected chi connectivity index (χ0v) is 17.2. The number of nitrogens with zero attached hydrogens (tertiary/aromatic N) is 3. The maximum atomic E-state index is 13.2. The minimum Gasteiger partial charge on any atom is -0.459 e.